The summed E-state index contributed by atoms with van der Waals surface area (Å²) in [5.41, 5.74) is 8.05. The van der Waals surface area contributed by atoms with Gasteiger partial charge in [-0.1, -0.05) is 24.3 Å². The SMILES string of the molecule is CC(CCN)NC(=O)C1CCCc2ccccc21. The highest BCUT2D eigenvalue weighted by Crippen LogP contribution is 2.31. The summed E-state index contributed by atoms with van der Waals surface area (Å²) < 4.78 is 0. The Balaban J connectivity index is 2.08. The van der Waals surface area contributed by atoms with Crippen molar-refractivity contribution in [2.45, 2.75) is 44.6 Å². The minimum Gasteiger partial charge on any atom is -0.353 e. The molecule has 0 fully saturated rings. The summed E-state index contributed by atoms with van der Waals surface area (Å²) in [6.07, 6.45) is 3.98. The summed E-state index contributed by atoms with van der Waals surface area (Å²) in [6, 6.07) is 8.46. The van der Waals surface area contributed by atoms with Gasteiger partial charge in [0.25, 0.3) is 0 Å². The molecule has 1 aromatic carbocycles. The van der Waals surface area contributed by atoms with E-state index in [9.17, 15) is 4.79 Å². The predicted molar refractivity (Wildman–Crippen MR) is 73.4 cm³/mol. The Bertz CT molecular complexity index is 417. The maximum absolute atomic E-state index is 12.3. The van der Waals surface area contributed by atoms with E-state index >= 15 is 0 Å². The van der Waals surface area contributed by atoms with Crippen molar-refractivity contribution in [1.29, 1.82) is 0 Å². The van der Waals surface area contributed by atoms with Crippen LogP contribution in [0.5, 0.6) is 0 Å². The molecule has 1 aliphatic rings. The van der Waals surface area contributed by atoms with Crippen molar-refractivity contribution in [2.24, 2.45) is 5.73 Å². The number of carbonyl (C=O) groups excluding carboxylic acids is 1. The maximum atomic E-state index is 12.3. The Hall–Kier alpha value is -1.35. The fraction of sp³-hybridized carbons (Fsp3) is 0.533. The summed E-state index contributed by atoms with van der Waals surface area (Å²) in [4.78, 5) is 12.3. The zero-order chi connectivity index (χ0) is 13.0. The Morgan fingerprint density at radius 2 is 2.28 bits per heavy atom. The van der Waals surface area contributed by atoms with Crippen LogP contribution in [0, 0.1) is 0 Å². The summed E-state index contributed by atoms with van der Waals surface area (Å²) in [5, 5.41) is 3.07. The average Bonchev–Trinajstić information content (AvgIpc) is 2.38. The van der Waals surface area contributed by atoms with Crippen LogP contribution in [0.3, 0.4) is 0 Å². The van der Waals surface area contributed by atoms with Crippen molar-refractivity contribution >= 4 is 5.91 Å². The first-order chi connectivity index (χ1) is 8.72. The number of benzene rings is 1. The van der Waals surface area contributed by atoms with Crippen molar-refractivity contribution in [3.8, 4) is 0 Å². The highest BCUT2D eigenvalue weighted by atomic mass is 16.1. The minimum atomic E-state index is 0.0233. The third kappa shape index (κ3) is 2.91. The molecule has 0 heterocycles. The van der Waals surface area contributed by atoms with E-state index < -0.39 is 0 Å². The van der Waals surface area contributed by atoms with E-state index in [1.54, 1.807) is 0 Å². The first-order valence-corrected chi connectivity index (χ1v) is 6.80. The van der Waals surface area contributed by atoms with E-state index in [4.69, 9.17) is 5.73 Å². The predicted octanol–water partition coefficient (Wildman–Crippen LogP) is 1.96. The number of amides is 1. The van der Waals surface area contributed by atoms with Gasteiger partial charge in [-0.15, -0.1) is 0 Å². The maximum Gasteiger partial charge on any atom is 0.227 e. The smallest absolute Gasteiger partial charge is 0.227 e. The molecule has 1 aromatic rings. The van der Waals surface area contributed by atoms with Crippen LogP contribution >= 0.6 is 0 Å². The van der Waals surface area contributed by atoms with Crippen LogP contribution in [-0.4, -0.2) is 18.5 Å². The van der Waals surface area contributed by atoms with Gasteiger partial charge in [-0.3, -0.25) is 4.79 Å². The number of carbonyl (C=O) groups is 1. The molecule has 2 rings (SSSR count). The van der Waals surface area contributed by atoms with Crippen molar-refractivity contribution in [3.05, 3.63) is 35.4 Å². The second-order valence-electron chi connectivity index (χ2n) is 5.13. The zero-order valence-electron chi connectivity index (χ0n) is 11.0. The van der Waals surface area contributed by atoms with Crippen molar-refractivity contribution in [2.75, 3.05) is 6.54 Å². The molecule has 3 heteroatoms. The van der Waals surface area contributed by atoms with Crippen LogP contribution in [0.15, 0.2) is 24.3 Å². The first kappa shape index (κ1) is 13.1. The number of fused-ring (bicyclic) bond motifs is 1. The summed E-state index contributed by atoms with van der Waals surface area (Å²) in [7, 11) is 0. The van der Waals surface area contributed by atoms with Gasteiger partial charge in [-0.05, 0) is 50.3 Å². The van der Waals surface area contributed by atoms with Crippen LogP contribution in [-0.2, 0) is 11.2 Å². The second kappa shape index (κ2) is 6.01. The average molecular weight is 246 g/mol. The van der Waals surface area contributed by atoms with Crippen LogP contribution in [0.2, 0.25) is 0 Å². The number of nitrogens with one attached hydrogen (secondary N) is 1. The van der Waals surface area contributed by atoms with Gasteiger partial charge in [0.1, 0.15) is 0 Å². The topological polar surface area (TPSA) is 55.1 Å². The summed E-state index contributed by atoms with van der Waals surface area (Å²) >= 11 is 0. The standard InChI is InChI=1S/C15H22N2O/c1-11(9-10-16)17-15(18)14-8-4-6-12-5-2-3-7-13(12)14/h2-3,5,7,11,14H,4,6,8-10,16H2,1H3,(H,17,18). The molecule has 3 N–H and O–H groups in total. The number of rotatable bonds is 4. The fourth-order valence-corrected chi connectivity index (χ4v) is 2.69. The molecule has 2 unspecified atom stereocenters. The van der Waals surface area contributed by atoms with Crippen LogP contribution < -0.4 is 11.1 Å². The van der Waals surface area contributed by atoms with Crippen LogP contribution in [0.25, 0.3) is 0 Å². The molecule has 98 valence electrons. The van der Waals surface area contributed by atoms with E-state index in [1.165, 1.54) is 11.1 Å². The first-order valence-electron chi connectivity index (χ1n) is 6.80. The molecule has 1 aliphatic carbocycles. The molecular formula is C15H22N2O. The van der Waals surface area contributed by atoms with E-state index in [2.05, 4.69) is 23.5 Å². The molecule has 1 amide bonds. The third-order valence-corrected chi connectivity index (χ3v) is 3.67. The fourth-order valence-electron chi connectivity index (χ4n) is 2.69. The molecule has 0 aromatic heterocycles. The molecule has 2 atom stereocenters. The van der Waals surface area contributed by atoms with Gasteiger partial charge in [-0.25, -0.2) is 0 Å². The van der Waals surface area contributed by atoms with Gasteiger partial charge in [0, 0.05) is 6.04 Å². The molecule has 0 bridgehead atoms. The monoisotopic (exact) mass is 246 g/mol. The Kier molecular flexibility index (Phi) is 4.37. The Morgan fingerprint density at radius 1 is 1.50 bits per heavy atom. The summed E-state index contributed by atoms with van der Waals surface area (Å²) in [5.74, 6) is 0.179. The van der Waals surface area contributed by atoms with Crippen molar-refractivity contribution in [1.82, 2.24) is 5.32 Å². The lowest BCUT2D eigenvalue weighted by molar-refractivity contribution is -0.123. The lowest BCUT2D eigenvalue weighted by Crippen LogP contribution is -2.38. The molecule has 0 aliphatic heterocycles. The van der Waals surface area contributed by atoms with Gasteiger partial charge in [0.15, 0.2) is 0 Å². The number of hydrogen-bond acceptors (Lipinski definition) is 2. The van der Waals surface area contributed by atoms with E-state index in [1.807, 2.05) is 13.0 Å². The molecule has 18 heavy (non-hydrogen) atoms. The van der Waals surface area contributed by atoms with E-state index in [0.29, 0.717) is 6.54 Å². The van der Waals surface area contributed by atoms with E-state index in [0.717, 1.165) is 25.7 Å². The number of nitrogens with two attached hydrogens (primary N) is 1. The minimum absolute atomic E-state index is 0.0233. The van der Waals surface area contributed by atoms with Crippen LogP contribution in [0.4, 0.5) is 0 Å². The lowest BCUT2D eigenvalue weighted by atomic mass is 9.82. The van der Waals surface area contributed by atoms with Crippen LogP contribution in [0.1, 0.15) is 43.2 Å². The Labute approximate surface area is 109 Å². The largest absolute Gasteiger partial charge is 0.353 e. The Morgan fingerprint density at radius 3 is 3.06 bits per heavy atom. The van der Waals surface area contributed by atoms with Gasteiger partial charge in [0.2, 0.25) is 5.91 Å². The highest BCUT2D eigenvalue weighted by Gasteiger charge is 2.26. The number of hydrogen-bond donors (Lipinski definition) is 2. The van der Waals surface area contributed by atoms with E-state index in [-0.39, 0.29) is 17.9 Å². The normalized spacial score (nSPS) is 20.0. The molecule has 3 nitrogen and oxygen atoms in total. The lowest BCUT2D eigenvalue weighted by Gasteiger charge is -2.26. The highest BCUT2D eigenvalue weighted by molar-refractivity contribution is 5.84. The molecular weight excluding hydrogens is 224 g/mol. The molecule has 0 saturated heterocycles. The van der Waals surface area contributed by atoms with Gasteiger partial charge in [0.05, 0.1) is 5.92 Å². The quantitative estimate of drug-likeness (QED) is 0.853. The third-order valence-electron chi connectivity index (χ3n) is 3.67. The van der Waals surface area contributed by atoms with Gasteiger partial charge in [-0.2, -0.15) is 0 Å². The van der Waals surface area contributed by atoms with Gasteiger partial charge >= 0.3 is 0 Å². The van der Waals surface area contributed by atoms with Crippen molar-refractivity contribution < 1.29 is 4.79 Å². The second-order valence-corrected chi connectivity index (χ2v) is 5.13. The summed E-state index contributed by atoms with van der Waals surface area (Å²) in [6.45, 7) is 2.63. The van der Waals surface area contributed by atoms with Gasteiger partial charge < -0.3 is 11.1 Å². The number of aryl methyl sites for hydroxylation is 1. The molecule has 0 saturated carbocycles. The molecule has 0 radical (unpaired) electrons. The van der Waals surface area contributed by atoms with Crippen molar-refractivity contribution in [3.63, 3.8) is 0 Å². The zero-order valence-corrected chi connectivity index (χ0v) is 11.0. The molecule has 0 spiro atoms.